The fourth-order valence-corrected chi connectivity index (χ4v) is 2.75. The molecule has 0 bridgehead atoms. The van der Waals surface area contributed by atoms with Crippen LogP contribution in [0.15, 0.2) is 30.3 Å². The summed E-state index contributed by atoms with van der Waals surface area (Å²) in [5.74, 6) is -1.97. The highest BCUT2D eigenvalue weighted by atomic mass is 19.2. The van der Waals surface area contributed by atoms with Crippen molar-refractivity contribution < 1.29 is 13.2 Å². The van der Waals surface area contributed by atoms with Crippen molar-refractivity contribution in [1.82, 2.24) is 5.32 Å². The molecular weight excluding hydrogens is 275 g/mol. The number of rotatable bonds is 4. The number of hydrogen-bond acceptors (Lipinski definition) is 1. The van der Waals surface area contributed by atoms with E-state index in [1.165, 1.54) is 18.2 Å². The molecule has 0 fully saturated rings. The molecule has 0 saturated heterocycles. The molecule has 1 unspecified atom stereocenters. The van der Waals surface area contributed by atoms with Crippen LogP contribution in [0.2, 0.25) is 0 Å². The molecule has 4 heteroatoms. The van der Waals surface area contributed by atoms with Gasteiger partial charge in [0.1, 0.15) is 5.82 Å². The number of aryl methyl sites for hydroxylation is 2. The Morgan fingerprint density at radius 3 is 2.24 bits per heavy atom. The standard InChI is InChI=1S/C17H18F3N/c1-10-7-13(18)8-11(2)16(10)15(21-3)9-12-5-4-6-14(19)17(12)20/h4-8,15,21H,9H2,1-3H3. The Labute approximate surface area is 122 Å². The second-order valence-corrected chi connectivity index (χ2v) is 5.21. The molecule has 0 aliphatic heterocycles. The van der Waals surface area contributed by atoms with Crippen LogP contribution in [0, 0.1) is 31.3 Å². The van der Waals surface area contributed by atoms with Gasteiger partial charge in [0.25, 0.3) is 0 Å². The predicted octanol–water partition coefficient (Wildman–Crippen LogP) is 4.22. The molecule has 2 aromatic rings. The molecule has 1 atom stereocenters. The lowest BCUT2D eigenvalue weighted by molar-refractivity contribution is 0.486. The SMILES string of the molecule is CNC(Cc1cccc(F)c1F)c1c(C)cc(F)cc1C. The van der Waals surface area contributed by atoms with Crippen molar-refractivity contribution in [2.24, 2.45) is 0 Å². The van der Waals surface area contributed by atoms with Crippen LogP contribution in [0.5, 0.6) is 0 Å². The molecule has 1 N–H and O–H groups in total. The van der Waals surface area contributed by atoms with Crippen LogP contribution in [0.1, 0.15) is 28.3 Å². The van der Waals surface area contributed by atoms with Gasteiger partial charge in [-0.15, -0.1) is 0 Å². The summed E-state index contributed by atoms with van der Waals surface area (Å²) in [7, 11) is 1.75. The first kappa shape index (κ1) is 15.6. The highest BCUT2D eigenvalue weighted by Gasteiger charge is 2.18. The molecule has 0 aromatic heterocycles. The van der Waals surface area contributed by atoms with E-state index < -0.39 is 11.6 Å². The summed E-state index contributed by atoms with van der Waals surface area (Å²) in [6, 6.07) is 6.86. The lowest BCUT2D eigenvalue weighted by atomic mass is 9.91. The molecule has 21 heavy (non-hydrogen) atoms. The first-order valence-corrected chi connectivity index (χ1v) is 6.80. The molecular formula is C17H18F3N. The van der Waals surface area contributed by atoms with Crippen molar-refractivity contribution in [3.05, 3.63) is 70.0 Å². The summed E-state index contributed by atoms with van der Waals surface area (Å²) in [4.78, 5) is 0. The molecule has 0 aliphatic carbocycles. The van der Waals surface area contributed by atoms with Crippen LogP contribution in [0.25, 0.3) is 0 Å². The molecule has 0 saturated carbocycles. The largest absolute Gasteiger partial charge is 0.313 e. The van der Waals surface area contributed by atoms with E-state index in [0.717, 1.165) is 22.8 Å². The van der Waals surface area contributed by atoms with Gasteiger partial charge in [-0.1, -0.05) is 12.1 Å². The molecule has 0 amide bonds. The molecule has 0 spiro atoms. The Morgan fingerprint density at radius 2 is 1.67 bits per heavy atom. The number of nitrogens with one attached hydrogen (secondary N) is 1. The van der Waals surface area contributed by atoms with Gasteiger partial charge in [0.15, 0.2) is 11.6 Å². The van der Waals surface area contributed by atoms with Gasteiger partial charge < -0.3 is 5.32 Å². The summed E-state index contributed by atoms with van der Waals surface area (Å²) >= 11 is 0. The molecule has 2 aromatic carbocycles. The van der Waals surface area contributed by atoms with E-state index in [1.54, 1.807) is 13.1 Å². The lowest BCUT2D eigenvalue weighted by Crippen LogP contribution is -2.21. The number of likely N-dealkylation sites (N-methyl/N-ethyl adjacent to an activating group) is 1. The normalized spacial score (nSPS) is 12.5. The fraction of sp³-hybridized carbons (Fsp3) is 0.294. The fourth-order valence-electron chi connectivity index (χ4n) is 2.75. The topological polar surface area (TPSA) is 12.0 Å². The second kappa shape index (κ2) is 6.31. The zero-order chi connectivity index (χ0) is 15.6. The first-order chi connectivity index (χ1) is 9.93. The molecule has 2 rings (SSSR count). The van der Waals surface area contributed by atoms with Gasteiger partial charge >= 0.3 is 0 Å². The van der Waals surface area contributed by atoms with Gasteiger partial charge in [0.05, 0.1) is 0 Å². The average Bonchev–Trinajstić information content (AvgIpc) is 2.41. The minimum atomic E-state index is -0.852. The van der Waals surface area contributed by atoms with Crippen molar-refractivity contribution >= 4 is 0 Å². The lowest BCUT2D eigenvalue weighted by Gasteiger charge is -2.22. The Balaban J connectivity index is 2.39. The van der Waals surface area contributed by atoms with Crippen LogP contribution in [-0.4, -0.2) is 7.05 Å². The maximum atomic E-state index is 13.8. The van der Waals surface area contributed by atoms with E-state index in [1.807, 2.05) is 13.8 Å². The third kappa shape index (κ3) is 3.27. The highest BCUT2D eigenvalue weighted by Crippen LogP contribution is 2.27. The van der Waals surface area contributed by atoms with Crippen molar-refractivity contribution in [3.63, 3.8) is 0 Å². The number of halogens is 3. The number of benzene rings is 2. The van der Waals surface area contributed by atoms with Gasteiger partial charge in [-0.25, -0.2) is 13.2 Å². The molecule has 0 heterocycles. The maximum Gasteiger partial charge on any atom is 0.162 e. The Morgan fingerprint density at radius 1 is 1.05 bits per heavy atom. The zero-order valence-corrected chi connectivity index (χ0v) is 12.3. The van der Waals surface area contributed by atoms with Crippen molar-refractivity contribution in [2.45, 2.75) is 26.3 Å². The van der Waals surface area contributed by atoms with E-state index in [-0.39, 0.29) is 11.9 Å². The number of hydrogen-bond donors (Lipinski definition) is 1. The average molecular weight is 293 g/mol. The van der Waals surface area contributed by atoms with E-state index in [0.29, 0.717) is 12.0 Å². The van der Waals surface area contributed by atoms with Crippen LogP contribution in [-0.2, 0) is 6.42 Å². The van der Waals surface area contributed by atoms with E-state index in [4.69, 9.17) is 0 Å². The van der Waals surface area contributed by atoms with E-state index in [9.17, 15) is 13.2 Å². The monoisotopic (exact) mass is 293 g/mol. The Hall–Kier alpha value is -1.81. The summed E-state index contributed by atoms with van der Waals surface area (Å²) in [5.41, 5.74) is 2.81. The van der Waals surface area contributed by atoms with Crippen LogP contribution >= 0.6 is 0 Å². The summed E-state index contributed by atoms with van der Waals surface area (Å²) in [6.45, 7) is 3.63. The van der Waals surface area contributed by atoms with Gasteiger partial charge in [-0.3, -0.25) is 0 Å². The summed E-state index contributed by atoms with van der Waals surface area (Å²) < 4.78 is 40.5. The molecule has 0 radical (unpaired) electrons. The molecule has 112 valence electrons. The summed E-state index contributed by atoms with van der Waals surface area (Å²) in [6.07, 6.45) is 0.299. The van der Waals surface area contributed by atoms with Crippen molar-refractivity contribution in [2.75, 3.05) is 7.05 Å². The minimum absolute atomic E-state index is 0.207. The Kier molecular flexibility index (Phi) is 4.68. The third-order valence-electron chi connectivity index (χ3n) is 3.71. The highest BCUT2D eigenvalue weighted by molar-refractivity contribution is 5.38. The van der Waals surface area contributed by atoms with Gasteiger partial charge in [0, 0.05) is 6.04 Å². The van der Waals surface area contributed by atoms with Crippen LogP contribution in [0.4, 0.5) is 13.2 Å². The summed E-state index contributed by atoms with van der Waals surface area (Å²) in [5, 5.41) is 3.10. The van der Waals surface area contributed by atoms with E-state index in [2.05, 4.69) is 5.32 Å². The third-order valence-corrected chi connectivity index (χ3v) is 3.71. The predicted molar refractivity (Wildman–Crippen MR) is 77.7 cm³/mol. The maximum absolute atomic E-state index is 13.8. The van der Waals surface area contributed by atoms with Crippen LogP contribution in [0.3, 0.4) is 0 Å². The smallest absolute Gasteiger partial charge is 0.162 e. The van der Waals surface area contributed by atoms with Gasteiger partial charge in [0.2, 0.25) is 0 Å². The quantitative estimate of drug-likeness (QED) is 0.890. The second-order valence-electron chi connectivity index (χ2n) is 5.21. The van der Waals surface area contributed by atoms with Crippen LogP contribution < -0.4 is 5.32 Å². The van der Waals surface area contributed by atoms with Crippen molar-refractivity contribution in [3.8, 4) is 0 Å². The zero-order valence-electron chi connectivity index (χ0n) is 12.3. The van der Waals surface area contributed by atoms with E-state index >= 15 is 0 Å². The first-order valence-electron chi connectivity index (χ1n) is 6.80. The van der Waals surface area contributed by atoms with Crippen molar-refractivity contribution in [1.29, 1.82) is 0 Å². The molecule has 1 nitrogen and oxygen atoms in total. The Bertz CT molecular complexity index is 629. The van der Waals surface area contributed by atoms with Gasteiger partial charge in [-0.05, 0) is 67.8 Å². The molecule has 0 aliphatic rings. The van der Waals surface area contributed by atoms with Gasteiger partial charge in [-0.2, -0.15) is 0 Å². The minimum Gasteiger partial charge on any atom is -0.313 e.